The van der Waals surface area contributed by atoms with E-state index in [2.05, 4.69) is 15.3 Å². The molecule has 202 valence electrons. The third-order valence-corrected chi connectivity index (χ3v) is 8.53. The van der Waals surface area contributed by atoms with E-state index < -0.39 is 29.9 Å². The Labute approximate surface area is 232 Å². The first-order valence-corrected chi connectivity index (χ1v) is 13.5. The number of carbonyl (C=O) groups excluding carboxylic acids is 4. The van der Waals surface area contributed by atoms with Gasteiger partial charge in [0.05, 0.1) is 25.1 Å². The summed E-state index contributed by atoms with van der Waals surface area (Å²) >= 11 is 2.36. The molecule has 0 saturated heterocycles. The number of nitrogens with zero attached hydrogens (tertiary/aromatic N) is 1. The van der Waals surface area contributed by atoms with Gasteiger partial charge in [0.2, 0.25) is 0 Å². The Hall–Kier alpha value is -4.03. The third kappa shape index (κ3) is 7.09. The Balaban J connectivity index is 1.43. The quantitative estimate of drug-likeness (QED) is 0.277. The first-order valence-electron chi connectivity index (χ1n) is 11.7. The maximum Gasteiger partial charge on any atom is 0.345 e. The molecule has 4 rings (SSSR count). The Morgan fingerprint density at radius 3 is 2.15 bits per heavy atom. The molecule has 3 aromatic rings. The second kappa shape index (κ2) is 13.2. The minimum atomic E-state index is -0.947. The number of ether oxygens (including phenoxy) is 3. The molecule has 12 heteroatoms. The van der Waals surface area contributed by atoms with Crippen LogP contribution in [0.1, 0.15) is 31.8 Å². The van der Waals surface area contributed by atoms with Crippen molar-refractivity contribution in [1.82, 2.24) is 15.3 Å². The molecule has 1 aliphatic rings. The molecule has 39 heavy (non-hydrogen) atoms. The summed E-state index contributed by atoms with van der Waals surface area (Å²) in [7, 11) is 2.49. The van der Waals surface area contributed by atoms with Crippen molar-refractivity contribution in [2.24, 2.45) is 0 Å². The number of hydrogen-bond donors (Lipinski definition) is 2. The molecule has 0 saturated carbocycles. The topological polar surface area (TPSA) is 137 Å². The number of aromatic nitrogens is 2. The normalized spacial score (nSPS) is 14.0. The van der Waals surface area contributed by atoms with Crippen molar-refractivity contribution in [3.8, 4) is 0 Å². The van der Waals surface area contributed by atoms with Crippen LogP contribution in [-0.4, -0.2) is 54.0 Å². The highest BCUT2D eigenvalue weighted by Crippen LogP contribution is 2.55. The van der Waals surface area contributed by atoms with E-state index in [1.165, 1.54) is 44.1 Å². The molecule has 1 amide bonds. The van der Waals surface area contributed by atoms with Gasteiger partial charge in [0.25, 0.3) is 5.91 Å². The Kier molecular flexibility index (Phi) is 9.45. The zero-order valence-electron chi connectivity index (χ0n) is 21.0. The summed E-state index contributed by atoms with van der Waals surface area (Å²) < 4.78 is 14.7. The van der Waals surface area contributed by atoms with Gasteiger partial charge in [-0.15, -0.1) is 0 Å². The lowest BCUT2D eigenvalue weighted by molar-refractivity contribution is -0.147. The lowest BCUT2D eigenvalue weighted by Gasteiger charge is -2.18. The second-order valence-corrected chi connectivity index (χ2v) is 10.8. The highest BCUT2D eigenvalue weighted by Gasteiger charge is 2.36. The smallest absolute Gasteiger partial charge is 0.345 e. The summed E-state index contributed by atoms with van der Waals surface area (Å²) in [6, 6.07) is 15.0. The van der Waals surface area contributed by atoms with E-state index in [1.807, 2.05) is 30.3 Å². The van der Waals surface area contributed by atoms with Gasteiger partial charge in [0.1, 0.15) is 22.5 Å². The Morgan fingerprint density at radius 2 is 1.59 bits per heavy atom. The van der Waals surface area contributed by atoms with Crippen molar-refractivity contribution >= 4 is 47.3 Å². The minimum absolute atomic E-state index is 0.0790. The van der Waals surface area contributed by atoms with Gasteiger partial charge in [-0.3, -0.25) is 4.79 Å². The van der Waals surface area contributed by atoms with Gasteiger partial charge >= 0.3 is 17.9 Å². The van der Waals surface area contributed by atoms with Gasteiger partial charge in [-0.2, -0.15) is 0 Å². The van der Waals surface area contributed by atoms with Crippen molar-refractivity contribution in [3.63, 3.8) is 0 Å². The summed E-state index contributed by atoms with van der Waals surface area (Å²) in [6.07, 6.45) is 3.24. The van der Waals surface area contributed by atoms with Gasteiger partial charge < -0.3 is 24.5 Å². The van der Waals surface area contributed by atoms with Gasteiger partial charge in [0.15, 0.2) is 0 Å². The van der Waals surface area contributed by atoms with E-state index in [0.29, 0.717) is 11.3 Å². The van der Waals surface area contributed by atoms with E-state index in [0.717, 1.165) is 11.1 Å². The summed E-state index contributed by atoms with van der Waals surface area (Å²) in [6.45, 7) is 0.0790. The summed E-state index contributed by atoms with van der Waals surface area (Å²) in [5.74, 6) is -2.27. The number of hydrogen-bond acceptors (Lipinski definition) is 10. The number of H-pyrrole nitrogens is 1. The van der Waals surface area contributed by atoms with E-state index >= 15 is 0 Å². The zero-order chi connectivity index (χ0) is 27.8. The van der Waals surface area contributed by atoms with Crippen LogP contribution in [-0.2, 0) is 41.6 Å². The number of carbonyl (C=O) groups is 4. The van der Waals surface area contributed by atoms with Crippen LogP contribution in [0, 0.1) is 0 Å². The van der Waals surface area contributed by atoms with Gasteiger partial charge in [-0.1, -0.05) is 66.0 Å². The Morgan fingerprint density at radius 1 is 0.949 bits per heavy atom. The standard InChI is InChI=1S/C27H25N3O7S2/c1-35-25(33)21-22(26(34)36-2)39-27(38-21)18-10-8-17(9-11-18)23(31)30-20(12-19-13-28-15-29-19)24(32)37-14-16-6-4-3-5-7-16/h3-11,13,15,20,27H,12,14H2,1-2H3,(H,28,29)(H,30,31)/t20-/m0/s1. The van der Waals surface area contributed by atoms with E-state index in [4.69, 9.17) is 14.2 Å². The van der Waals surface area contributed by atoms with Crippen molar-refractivity contribution in [3.05, 3.63) is 99.3 Å². The average molecular weight is 568 g/mol. The van der Waals surface area contributed by atoms with Crippen molar-refractivity contribution in [2.75, 3.05) is 14.2 Å². The molecule has 0 radical (unpaired) electrons. The fraction of sp³-hybridized carbons (Fsp3) is 0.222. The molecule has 0 unspecified atom stereocenters. The maximum atomic E-state index is 13.1. The van der Waals surface area contributed by atoms with E-state index in [1.54, 1.807) is 30.5 Å². The highest BCUT2D eigenvalue weighted by atomic mass is 32.2. The predicted octanol–water partition coefficient (Wildman–Crippen LogP) is 3.53. The molecule has 1 aliphatic heterocycles. The van der Waals surface area contributed by atoms with Crippen LogP contribution in [0.3, 0.4) is 0 Å². The van der Waals surface area contributed by atoms with Crippen LogP contribution in [0.5, 0.6) is 0 Å². The summed E-state index contributed by atoms with van der Waals surface area (Å²) in [4.78, 5) is 57.5. The highest BCUT2D eigenvalue weighted by molar-refractivity contribution is 8.23. The fourth-order valence-electron chi connectivity index (χ4n) is 3.62. The number of esters is 3. The first kappa shape index (κ1) is 28.0. The number of amides is 1. The molecule has 1 aromatic heterocycles. The molecule has 10 nitrogen and oxygen atoms in total. The van der Waals surface area contributed by atoms with Crippen molar-refractivity contribution in [1.29, 1.82) is 0 Å². The SMILES string of the molecule is COC(=O)C1=C(C(=O)OC)SC(c2ccc(C(=O)N[C@@H](Cc3cnc[nH]3)C(=O)OCc3ccccc3)cc2)S1. The lowest BCUT2D eigenvalue weighted by Crippen LogP contribution is -2.43. The lowest BCUT2D eigenvalue weighted by atomic mass is 10.1. The number of rotatable bonds is 10. The zero-order valence-corrected chi connectivity index (χ0v) is 22.7. The van der Waals surface area contributed by atoms with Crippen LogP contribution in [0.2, 0.25) is 0 Å². The van der Waals surface area contributed by atoms with Crippen LogP contribution in [0.25, 0.3) is 0 Å². The summed E-state index contributed by atoms with van der Waals surface area (Å²) in [5, 5.41) is 2.75. The molecular formula is C27H25N3O7S2. The molecule has 0 aliphatic carbocycles. The van der Waals surface area contributed by atoms with Gasteiger partial charge in [-0.25, -0.2) is 19.4 Å². The van der Waals surface area contributed by atoms with Crippen molar-refractivity contribution < 1.29 is 33.4 Å². The minimum Gasteiger partial charge on any atom is -0.465 e. The second-order valence-electron chi connectivity index (χ2n) is 8.23. The van der Waals surface area contributed by atoms with Crippen LogP contribution in [0.15, 0.2) is 76.9 Å². The molecular weight excluding hydrogens is 542 g/mol. The largest absolute Gasteiger partial charge is 0.465 e. The number of aromatic amines is 1. The van der Waals surface area contributed by atoms with Gasteiger partial charge in [-0.05, 0) is 23.3 Å². The monoisotopic (exact) mass is 567 g/mol. The predicted molar refractivity (Wildman–Crippen MR) is 145 cm³/mol. The molecule has 0 bridgehead atoms. The molecule has 2 N–H and O–H groups in total. The van der Waals surface area contributed by atoms with Crippen LogP contribution in [0.4, 0.5) is 0 Å². The average Bonchev–Trinajstić information content (AvgIpc) is 3.66. The number of methoxy groups -OCH3 is 2. The fourth-order valence-corrected chi connectivity index (χ4v) is 6.43. The number of nitrogens with one attached hydrogen (secondary N) is 2. The maximum absolute atomic E-state index is 13.1. The van der Waals surface area contributed by atoms with Crippen LogP contribution >= 0.6 is 23.5 Å². The summed E-state index contributed by atoms with van der Waals surface area (Å²) in [5.41, 5.74) is 2.60. The number of thioether (sulfide) groups is 2. The molecule has 0 spiro atoms. The number of benzene rings is 2. The van der Waals surface area contributed by atoms with Gasteiger partial charge in [0, 0.05) is 23.9 Å². The first-order chi connectivity index (χ1) is 18.9. The third-order valence-electron chi connectivity index (χ3n) is 5.64. The molecule has 1 atom stereocenters. The van der Waals surface area contributed by atoms with Crippen LogP contribution < -0.4 is 5.32 Å². The Bertz CT molecular complexity index is 1330. The molecule has 2 heterocycles. The molecule has 2 aromatic carbocycles. The van der Waals surface area contributed by atoms with E-state index in [-0.39, 0.29) is 27.4 Å². The number of imidazole rings is 1. The molecule has 0 fully saturated rings. The van der Waals surface area contributed by atoms with E-state index in [9.17, 15) is 19.2 Å². The van der Waals surface area contributed by atoms with Crippen molar-refractivity contribution in [2.45, 2.75) is 23.7 Å².